The Bertz CT molecular complexity index is 1140. The van der Waals surface area contributed by atoms with Crippen molar-refractivity contribution in [1.29, 1.82) is 0 Å². The normalized spacial score (nSPS) is 12.7. The van der Waals surface area contributed by atoms with Gasteiger partial charge in [-0.3, -0.25) is 9.59 Å². The van der Waals surface area contributed by atoms with Crippen LogP contribution < -0.4 is 5.32 Å². The monoisotopic (exact) mass is 479 g/mol. The van der Waals surface area contributed by atoms with E-state index in [2.05, 4.69) is 29.5 Å². The molecule has 2 amide bonds. The zero-order valence-electron chi connectivity index (χ0n) is 21.6. The molecule has 0 spiro atoms. The quantitative estimate of drug-likeness (QED) is 0.448. The largest absolute Gasteiger partial charge is 0.383 e. The Kier molecular flexibility index (Phi) is 8.62. The van der Waals surface area contributed by atoms with Crippen LogP contribution in [0.25, 0.3) is 11.0 Å². The summed E-state index contributed by atoms with van der Waals surface area (Å²) in [6.45, 7) is 10.8. The highest BCUT2D eigenvalue weighted by Crippen LogP contribution is 2.26. The van der Waals surface area contributed by atoms with Crippen molar-refractivity contribution in [2.24, 2.45) is 0 Å². The third kappa shape index (κ3) is 6.45. The molecule has 35 heavy (non-hydrogen) atoms. The van der Waals surface area contributed by atoms with E-state index in [9.17, 15) is 9.59 Å². The van der Waals surface area contributed by atoms with Crippen LogP contribution in [0.5, 0.6) is 0 Å². The van der Waals surface area contributed by atoms with E-state index in [1.54, 1.807) is 16.7 Å². The smallest absolute Gasteiger partial charge is 0.247 e. The molecule has 0 unspecified atom stereocenters. The van der Waals surface area contributed by atoms with Gasteiger partial charge in [0.1, 0.15) is 18.1 Å². The van der Waals surface area contributed by atoms with E-state index < -0.39 is 11.6 Å². The lowest BCUT2D eigenvalue weighted by Gasteiger charge is -2.34. The van der Waals surface area contributed by atoms with E-state index in [1.807, 2.05) is 69.3 Å². The van der Waals surface area contributed by atoms with E-state index >= 15 is 0 Å². The van der Waals surface area contributed by atoms with Gasteiger partial charge in [0.2, 0.25) is 11.8 Å². The van der Waals surface area contributed by atoms with Crippen LogP contribution in [0.4, 0.5) is 0 Å². The standard InChI is InChI=1S/C27H37N5O3/c1-7-27(4,5)28-26(34)25(21-14-12-20(13-15-21)19(2)3)31(16-17-35-6)24(33)18-32-23-11-9-8-10-22(23)29-30-32/h8-15,19,25H,7,16-18H2,1-6H3,(H,28,34)/t25-/m0/s1. The fourth-order valence-corrected chi connectivity index (χ4v) is 3.87. The Labute approximate surface area is 207 Å². The van der Waals surface area contributed by atoms with Gasteiger partial charge in [0.15, 0.2) is 0 Å². The Hall–Kier alpha value is -3.26. The first kappa shape index (κ1) is 26.3. The summed E-state index contributed by atoms with van der Waals surface area (Å²) in [7, 11) is 1.58. The Balaban J connectivity index is 1.99. The Morgan fingerprint density at radius 1 is 1.09 bits per heavy atom. The topological polar surface area (TPSA) is 89.4 Å². The number of carbonyl (C=O) groups is 2. The number of fused-ring (bicyclic) bond motifs is 1. The van der Waals surface area contributed by atoms with E-state index in [4.69, 9.17) is 4.74 Å². The van der Waals surface area contributed by atoms with Crippen molar-refractivity contribution >= 4 is 22.8 Å². The molecular formula is C27H37N5O3. The lowest BCUT2D eigenvalue weighted by Crippen LogP contribution is -2.51. The number of aromatic nitrogens is 3. The number of ether oxygens (including phenoxy) is 1. The highest BCUT2D eigenvalue weighted by atomic mass is 16.5. The van der Waals surface area contributed by atoms with Crippen LogP contribution in [0.15, 0.2) is 48.5 Å². The molecule has 0 bridgehead atoms. The van der Waals surface area contributed by atoms with E-state index in [0.29, 0.717) is 18.0 Å². The molecule has 0 aliphatic rings. The highest BCUT2D eigenvalue weighted by molar-refractivity contribution is 5.89. The molecule has 1 atom stereocenters. The summed E-state index contributed by atoms with van der Waals surface area (Å²) in [5, 5.41) is 11.5. The number of carbonyl (C=O) groups excluding carboxylic acids is 2. The number of hydrogen-bond acceptors (Lipinski definition) is 5. The van der Waals surface area contributed by atoms with Gasteiger partial charge in [-0.25, -0.2) is 4.68 Å². The number of benzene rings is 2. The summed E-state index contributed by atoms with van der Waals surface area (Å²) in [6, 6.07) is 14.6. The fourth-order valence-electron chi connectivity index (χ4n) is 3.87. The molecule has 0 fully saturated rings. The number of nitrogens with zero attached hydrogens (tertiary/aromatic N) is 4. The third-order valence-corrected chi connectivity index (χ3v) is 6.39. The summed E-state index contributed by atoms with van der Waals surface area (Å²) >= 11 is 0. The molecule has 1 heterocycles. The molecule has 0 saturated carbocycles. The molecule has 2 aromatic carbocycles. The second-order valence-electron chi connectivity index (χ2n) is 9.77. The maximum atomic E-state index is 13.7. The van der Waals surface area contributed by atoms with Crippen molar-refractivity contribution in [3.63, 3.8) is 0 Å². The van der Waals surface area contributed by atoms with Gasteiger partial charge in [-0.15, -0.1) is 5.10 Å². The lowest BCUT2D eigenvalue weighted by atomic mass is 9.96. The zero-order valence-corrected chi connectivity index (χ0v) is 21.6. The summed E-state index contributed by atoms with van der Waals surface area (Å²) in [4.78, 5) is 29.0. The summed E-state index contributed by atoms with van der Waals surface area (Å²) < 4.78 is 6.88. The second kappa shape index (κ2) is 11.4. The molecule has 188 valence electrons. The van der Waals surface area contributed by atoms with Gasteiger partial charge in [0.25, 0.3) is 0 Å². The van der Waals surface area contributed by atoms with Gasteiger partial charge in [0, 0.05) is 19.2 Å². The minimum absolute atomic E-state index is 0.0325. The lowest BCUT2D eigenvalue weighted by molar-refractivity contribution is -0.142. The number of hydrogen-bond donors (Lipinski definition) is 1. The molecule has 0 aliphatic heterocycles. The number of rotatable bonds is 11. The number of para-hydroxylation sites is 1. The van der Waals surface area contributed by atoms with E-state index in [0.717, 1.165) is 17.5 Å². The average molecular weight is 480 g/mol. The van der Waals surface area contributed by atoms with Crippen LogP contribution in [0.2, 0.25) is 0 Å². The van der Waals surface area contributed by atoms with E-state index in [1.165, 1.54) is 5.56 Å². The molecule has 0 radical (unpaired) electrons. The maximum absolute atomic E-state index is 13.7. The van der Waals surface area contributed by atoms with Crippen LogP contribution in [-0.2, 0) is 20.9 Å². The Morgan fingerprint density at radius 2 is 1.74 bits per heavy atom. The first-order chi connectivity index (χ1) is 16.7. The summed E-state index contributed by atoms with van der Waals surface area (Å²) in [5.74, 6) is -0.0932. The molecule has 0 aliphatic carbocycles. The first-order valence-corrected chi connectivity index (χ1v) is 12.2. The minimum atomic E-state index is -0.806. The van der Waals surface area contributed by atoms with Crippen molar-refractivity contribution in [3.05, 3.63) is 59.7 Å². The van der Waals surface area contributed by atoms with Gasteiger partial charge >= 0.3 is 0 Å². The predicted octanol–water partition coefficient (Wildman–Crippen LogP) is 4.08. The highest BCUT2D eigenvalue weighted by Gasteiger charge is 2.34. The van der Waals surface area contributed by atoms with Crippen LogP contribution >= 0.6 is 0 Å². The molecule has 1 N–H and O–H groups in total. The van der Waals surface area contributed by atoms with Gasteiger partial charge in [-0.05, 0) is 49.4 Å². The van der Waals surface area contributed by atoms with Crippen LogP contribution in [0.1, 0.15) is 64.1 Å². The average Bonchev–Trinajstić information content (AvgIpc) is 3.24. The zero-order chi connectivity index (χ0) is 25.6. The molecule has 3 rings (SSSR count). The molecule has 8 nitrogen and oxygen atoms in total. The number of amides is 2. The molecule has 8 heteroatoms. The van der Waals surface area contributed by atoms with Gasteiger partial charge in [0.05, 0.1) is 12.1 Å². The van der Waals surface area contributed by atoms with Crippen molar-refractivity contribution in [2.45, 2.75) is 65.1 Å². The van der Waals surface area contributed by atoms with Gasteiger partial charge in [-0.1, -0.05) is 62.4 Å². The fraction of sp³-hybridized carbons (Fsp3) is 0.481. The maximum Gasteiger partial charge on any atom is 0.247 e. The van der Waals surface area contributed by atoms with Crippen molar-refractivity contribution in [1.82, 2.24) is 25.2 Å². The van der Waals surface area contributed by atoms with Crippen LogP contribution in [-0.4, -0.2) is 57.5 Å². The van der Waals surface area contributed by atoms with Crippen molar-refractivity contribution in [2.75, 3.05) is 20.3 Å². The van der Waals surface area contributed by atoms with Crippen molar-refractivity contribution < 1.29 is 14.3 Å². The molecule has 3 aromatic rings. The van der Waals surface area contributed by atoms with Crippen molar-refractivity contribution in [3.8, 4) is 0 Å². The summed E-state index contributed by atoms with van der Waals surface area (Å²) in [6.07, 6.45) is 0.759. The van der Waals surface area contributed by atoms with E-state index in [-0.39, 0.29) is 24.9 Å². The third-order valence-electron chi connectivity index (χ3n) is 6.39. The van der Waals surface area contributed by atoms with Gasteiger partial charge in [-0.2, -0.15) is 0 Å². The van der Waals surface area contributed by atoms with Crippen LogP contribution in [0.3, 0.4) is 0 Å². The first-order valence-electron chi connectivity index (χ1n) is 12.2. The summed E-state index contributed by atoms with van der Waals surface area (Å²) in [5.41, 5.74) is 3.00. The number of nitrogens with one attached hydrogen (secondary N) is 1. The molecule has 1 aromatic heterocycles. The Morgan fingerprint density at radius 3 is 2.37 bits per heavy atom. The molecule has 0 saturated heterocycles. The molecular weight excluding hydrogens is 442 g/mol. The predicted molar refractivity (Wildman–Crippen MR) is 137 cm³/mol. The SMILES string of the molecule is CCC(C)(C)NC(=O)[C@H](c1ccc(C(C)C)cc1)N(CCOC)C(=O)Cn1nnc2ccccc21. The van der Waals surface area contributed by atoms with Gasteiger partial charge < -0.3 is 15.0 Å². The number of methoxy groups -OCH3 is 1. The second-order valence-corrected chi connectivity index (χ2v) is 9.77. The van der Waals surface area contributed by atoms with Crippen LogP contribution in [0, 0.1) is 0 Å². The minimum Gasteiger partial charge on any atom is -0.383 e.